The third-order valence-electron chi connectivity index (χ3n) is 5.65. The first-order chi connectivity index (χ1) is 15.4. The highest BCUT2D eigenvalue weighted by molar-refractivity contribution is 5.95. The summed E-state index contributed by atoms with van der Waals surface area (Å²) in [7, 11) is 0. The average Bonchev–Trinajstić information content (AvgIpc) is 3.62. The van der Waals surface area contributed by atoms with E-state index in [1.54, 1.807) is 24.5 Å². The van der Waals surface area contributed by atoms with Crippen LogP contribution in [0.4, 0.5) is 0 Å². The highest BCUT2D eigenvalue weighted by Gasteiger charge is 2.33. The number of amides is 2. The van der Waals surface area contributed by atoms with E-state index in [-0.39, 0.29) is 11.9 Å². The maximum absolute atomic E-state index is 13.4. The third-order valence-corrected chi connectivity index (χ3v) is 5.65. The van der Waals surface area contributed by atoms with E-state index in [1.165, 1.54) is 0 Å². The van der Waals surface area contributed by atoms with Gasteiger partial charge < -0.3 is 15.4 Å². The molecule has 32 heavy (non-hydrogen) atoms. The summed E-state index contributed by atoms with van der Waals surface area (Å²) in [4.78, 5) is 30.7. The Kier molecular flexibility index (Phi) is 6.21. The Morgan fingerprint density at radius 3 is 2.28 bits per heavy atom. The number of hydrogen-bond donors (Lipinski definition) is 1. The SMILES string of the molecule is Cc1cc(C(=O)N(Cc2ccc(C(N)=O)cc2)C2CC2)cc(C)c1OCc1cccnc1. The first-order valence-corrected chi connectivity index (χ1v) is 10.7. The molecule has 1 fully saturated rings. The van der Waals surface area contributed by atoms with E-state index >= 15 is 0 Å². The van der Waals surface area contributed by atoms with Crippen molar-refractivity contribution in [2.45, 2.75) is 45.9 Å². The number of carbonyl (C=O) groups excluding carboxylic acids is 2. The normalized spacial score (nSPS) is 12.9. The number of benzene rings is 2. The summed E-state index contributed by atoms with van der Waals surface area (Å²) in [6.07, 6.45) is 5.54. The molecule has 1 aliphatic carbocycles. The summed E-state index contributed by atoms with van der Waals surface area (Å²) in [5.74, 6) is 0.352. The summed E-state index contributed by atoms with van der Waals surface area (Å²) in [5, 5.41) is 0. The lowest BCUT2D eigenvalue weighted by atomic mass is 10.0. The molecule has 0 spiro atoms. The number of primary amides is 1. The summed E-state index contributed by atoms with van der Waals surface area (Å²) in [6.45, 7) is 4.86. The van der Waals surface area contributed by atoms with E-state index in [2.05, 4.69) is 4.98 Å². The fraction of sp³-hybridized carbons (Fsp3) is 0.269. The molecule has 1 heterocycles. The molecule has 2 N–H and O–H groups in total. The van der Waals surface area contributed by atoms with E-state index in [0.717, 1.165) is 40.8 Å². The van der Waals surface area contributed by atoms with Crippen LogP contribution in [0.1, 0.15) is 55.8 Å². The van der Waals surface area contributed by atoms with Gasteiger partial charge in [0, 0.05) is 41.7 Å². The second-order valence-corrected chi connectivity index (χ2v) is 8.31. The molecule has 3 aromatic rings. The zero-order chi connectivity index (χ0) is 22.7. The molecule has 0 aliphatic heterocycles. The number of rotatable bonds is 8. The molecule has 164 valence electrons. The van der Waals surface area contributed by atoms with E-state index in [4.69, 9.17) is 10.5 Å². The van der Waals surface area contributed by atoms with Crippen molar-refractivity contribution in [1.82, 2.24) is 9.88 Å². The van der Waals surface area contributed by atoms with Crippen molar-refractivity contribution in [3.63, 3.8) is 0 Å². The number of hydrogen-bond acceptors (Lipinski definition) is 4. The lowest BCUT2D eigenvalue weighted by molar-refractivity contribution is 0.0729. The first-order valence-electron chi connectivity index (χ1n) is 10.7. The molecule has 0 radical (unpaired) electrons. The van der Waals surface area contributed by atoms with Crippen molar-refractivity contribution in [2.24, 2.45) is 5.73 Å². The van der Waals surface area contributed by atoms with Gasteiger partial charge in [0.2, 0.25) is 5.91 Å². The number of nitrogens with two attached hydrogens (primary N) is 1. The standard InChI is InChI=1S/C26H27N3O3/c1-17-12-22(13-18(2)24(17)32-16-20-4-3-11-28-14-20)26(31)29(23-9-10-23)15-19-5-7-21(8-6-19)25(27)30/h3-8,11-14,23H,9-10,15-16H2,1-2H3,(H2,27,30). The van der Waals surface area contributed by atoms with Crippen LogP contribution in [0.25, 0.3) is 0 Å². The summed E-state index contributed by atoms with van der Waals surface area (Å²) in [5.41, 5.74) is 10.3. The van der Waals surface area contributed by atoms with Gasteiger partial charge in [-0.25, -0.2) is 0 Å². The Balaban J connectivity index is 1.50. The number of nitrogens with zero attached hydrogens (tertiary/aromatic N) is 2. The van der Waals surface area contributed by atoms with Crippen molar-refractivity contribution < 1.29 is 14.3 Å². The fourth-order valence-electron chi connectivity index (χ4n) is 3.83. The monoisotopic (exact) mass is 429 g/mol. The van der Waals surface area contributed by atoms with Gasteiger partial charge in [-0.2, -0.15) is 0 Å². The Morgan fingerprint density at radius 1 is 1.03 bits per heavy atom. The fourth-order valence-corrected chi connectivity index (χ4v) is 3.83. The number of aryl methyl sites for hydroxylation is 2. The maximum Gasteiger partial charge on any atom is 0.254 e. The van der Waals surface area contributed by atoms with Crippen molar-refractivity contribution in [1.29, 1.82) is 0 Å². The van der Waals surface area contributed by atoms with Crippen molar-refractivity contribution in [3.05, 3.63) is 94.3 Å². The quantitative estimate of drug-likeness (QED) is 0.582. The van der Waals surface area contributed by atoms with Gasteiger partial charge in [0.05, 0.1) is 0 Å². The predicted octanol–water partition coefficient (Wildman–Crippen LogP) is 4.18. The van der Waals surface area contributed by atoms with Crippen molar-refractivity contribution >= 4 is 11.8 Å². The molecular weight excluding hydrogens is 402 g/mol. The lowest BCUT2D eigenvalue weighted by Gasteiger charge is -2.24. The number of aromatic nitrogens is 1. The van der Waals surface area contributed by atoms with Gasteiger partial charge >= 0.3 is 0 Å². The number of carbonyl (C=O) groups is 2. The lowest BCUT2D eigenvalue weighted by Crippen LogP contribution is -2.32. The first kappa shape index (κ1) is 21.6. The van der Waals surface area contributed by atoms with E-state index in [0.29, 0.717) is 24.3 Å². The Hall–Kier alpha value is -3.67. The van der Waals surface area contributed by atoms with Crippen LogP contribution in [0.15, 0.2) is 60.9 Å². The Morgan fingerprint density at radius 2 is 1.72 bits per heavy atom. The van der Waals surface area contributed by atoms with Crippen molar-refractivity contribution in [3.8, 4) is 5.75 Å². The van der Waals surface area contributed by atoms with E-state index < -0.39 is 5.91 Å². The highest BCUT2D eigenvalue weighted by atomic mass is 16.5. The van der Waals surface area contributed by atoms with Gasteiger partial charge in [-0.15, -0.1) is 0 Å². The highest BCUT2D eigenvalue weighted by Crippen LogP contribution is 2.32. The molecule has 0 bridgehead atoms. The Bertz CT molecular complexity index is 1100. The van der Waals surface area contributed by atoms with Crippen LogP contribution in [0.2, 0.25) is 0 Å². The predicted molar refractivity (Wildman–Crippen MR) is 122 cm³/mol. The zero-order valence-electron chi connectivity index (χ0n) is 18.4. The molecule has 0 saturated heterocycles. The summed E-state index contributed by atoms with van der Waals surface area (Å²) >= 11 is 0. The van der Waals surface area contributed by atoms with Crippen LogP contribution in [-0.4, -0.2) is 27.7 Å². The molecule has 4 rings (SSSR count). The number of ether oxygens (including phenoxy) is 1. The van der Waals surface area contributed by atoms with Crippen LogP contribution in [0.5, 0.6) is 5.75 Å². The molecule has 1 saturated carbocycles. The largest absolute Gasteiger partial charge is 0.488 e. The molecule has 1 aromatic heterocycles. The van der Waals surface area contributed by atoms with Gasteiger partial charge in [-0.3, -0.25) is 14.6 Å². The zero-order valence-corrected chi connectivity index (χ0v) is 18.4. The Labute approximate surface area is 188 Å². The van der Waals surface area contributed by atoms with Crippen LogP contribution < -0.4 is 10.5 Å². The molecule has 1 aliphatic rings. The second kappa shape index (κ2) is 9.22. The molecule has 2 aromatic carbocycles. The van der Waals surface area contributed by atoms with E-state index in [1.807, 2.05) is 55.1 Å². The topological polar surface area (TPSA) is 85.5 Å². The van der Waals surface area contributed by atoms with Crippen LogP contribution in [0, 0.1) is 13.8 Å². The van der Waals surface area contributed by atoms with Crippen LogP contribution in [0.3, 0.4) is 0 Å². The minimum atomic E-state index is -0.455. The van der Waals surface area contributed by atoms with Gasteiger partial charge in [-0.1, -0.05) is 18.2 Å². The van der Waals surface area contributed by atoms with Crippen LogP contribution in [-0.2, 0) is 13.2 Å². The van der Waals surface area contributed by atoms with Gasteiger partial charge in [-0.05, 0) is 73.7 Å². The smallest absolute Gasteiger partial charge is 0.254 e. The molecule has 6 nitrogen and oxygen atoms in total. The van der Waals surface area contributed by atoms with Gasteiger partial charge in [0.15, 0.2) is 0 Å². The third kappa shape index (κ3) is 4.97. The molecule has 0 atom stereocenters. The molecule has 6 heteroatoms. The van der Waals surface area contributed by atoms with Crippen molar-refractivity contribution in [2.75, 3.05) is 0 Å². The summed E-state index contributed by atoms with van der Waals surface area (Å²) in [6, 6.07) is 15.0. The molecular formula is C26H27N3O3. The maximum atomic E-state index is 13.4. The number of pyridine rings is 1. The average molecular weight is 430 g/mol. The molecule has 0 unspecified atom stereocenters. The minimum absolute atomic E-state index is 0.0106. The van der Waals surface area contributed by atoms with Crippen LogP contribution >= 0.6 is 0 Å². The second-order valence-electron chi connectivity index (χ2n) is 8.31. The summed E-state index contributed by atoms with van der Waals surface area (Å²) < 4.78 is 6.03. The molecule has 2 amide bonds. The van der Waals surface area contributed by atoms with Gasteiger partial charge in [0.25, 0.3) is 5.91 Å². The van der Waals surface area contributed by atoms with E-state index in [9.17, 15) is 9.59 Å². The van der Waals surface area contributed by atoms with Gasteiger partial charge in [0.1, 0.15) is 12.4 Å². The minimum Gasteiger partial charge on any atom is -0.488 e.